The van der Waals surface area contributed by atoms with E-state index in [0.717, 1.165) is 11.3 Å². The van der Waals surface area contributed by atoms with Crippen LogP contribution in [-0.2, 0) is 11.2 Å². The summed E-state index contributed by atoms with van der Waals surface area (Å²) in [6.07, 6.45) is 3.89. The highest BCUT2D eigenvalue weighted by atomic mass is 16.2. The molecule has 1 aromatic heterocycles. The van der Waals surface area contributed by atoms with E-state index in [1.165, 1.54) is 0 Å². The Morgan fingerprint density at radius 1 is 1.30 bits per heavy atom. The summed E-state index contributed by atoms with van der Waals surface area (Å²) in [5, 5.41) is 14.1. The lowest BCUT2D eigenvalue weighted by Gasteiger charge is -2.12. The summed E-state index contributed by atoms with van der Waals surface area (Å²) >= 11 is 0. The van der Waals surface area contributed by atoms with E-state index in [2.05, 4.69) is 31.2 Å². The highest BCUT2D eigenvalue weighted by molar-refractivity contribution is 6.01. The highest BCUT2D eigenvalue weighted by Crippen LogP contribution is 2.13. The first-order valence-corrected chi connectivity index (χ1v) is 8.55. The molecule has 0 aliphatic carbocycles. The molecule has 9 nitrogen and oxygen atoms in total. The fraction of sp³-hybridized carbons (Fsp3) is 0.222. The fourth-order valence-corrected chi connectivity index (χ4v) is 3.02. The second-order valence-corrected chi connectivity index (χ2v) is 6.44. The molecule has 9 heteroatoms. The maximum absolute atomic E-state index is 12.4. The summed E-state index contributed by atoms with van der Waals surface area (Å²) in [4.78, 5) is 29.0. The average molecular weight is 365 g/mol. The number of benzene rings is 1. The van der Waals surface area contributed by atoms with E-state index in [9.17, 15) is 9.59 Å². The number of fused-ring (bicyclic) bond motifs is 1. The van der Waals surface area contributed by atoms with E-state index in [1.807, 2.05) is 42.4 Å². The van der Waals surface area contributed by atoms with Gasteiger partial charge in [-0.1, -0.05) is 30.3 Å². The van der Waals surface area contributed by atoms with E-state index in [4.69, 9.17) is 0 Å². The van der Waals surface area contributed by atoms with Crippen LogP contribution in [0.5, 0.6) is 0 Å². The van der Waals surface area contributed by atoms with E-state index in [1.54, 1.807) is 12.2 Å². The lowest BCUT2D eigenvalue weighted by atomic mass is 10.1. The van der Waals surface area contributed by atoms with Crippen molar-refractivity contribution >= 4 is 11.8 Å². The van der Waals surface area contributed by atoms with Crippen molar-refractivity contribution in [2.24, 2.45) is 0 Å². The van der Waals surface area contributed by atoms with E-state index in [-0.39, 0.29) is 23.5 Å². The minimum atomic E-state index is -0.539. The van der Waals surface area contributed by atoms with Gasteiger partial charge in [0.2, 0.25) is 5.82 Å². The lowest BCUT2D eigenvalue weighted by Crippen LogP contribution is -2.41. The summed E-state index contributed by atoms with van der Waals surface area (Å²) in [5.41, 5.74) is 5.23. The van der Waals surface area contributed by atoms with E-state index in [0.29, 0.717) is 18.8 Å². The monoisotopic (exact) mass is 365 g/mol. The Hall–Kier alpha value is -3.46. The van der Waals surface area contributed by atoms with Crippen LogP contribution < -0.4 is 16.1 Å². The Morgan fingerprint density at radius 3 is 2.93 bits per heavy atom. The molecule has 138 valence electrons. The summed E-state index contributed by atoms with van der Waals surface area (Å²) < 4.78 is 0. The van der Waals surface area contributed by atoms with Crippen LogP contribution in [0, 0.1) is 0 Å². The van der Waals surface area contributed by atoms with Gasteiger partial charge in [0.25, 0.3) is 11.8 Å². The molecule has 2 amide bonds. The minimum Gasteiger partial charge on any atom is -0.341 e. The largest absolute Gasteiger partial charge is 0.341 e. The molecule has 0 bridgehead atoms. The number of hydrogen-bond donors (Lipinski definition) is 4. The van der Waals surface area contributed by atoms with Gasteiger partial charge in [-0.3, -0.25) is 14.7 Å². The summed E-state index contributed by atoms with van der Waals surface area (Å²) in [6.45, 7) is 0.649. The molecule has 1 fully saturated rings. The molecule has 4 rings (SSSR count). The Morgan fingerprint density at radius 2 is 2.11 bits per heavy atom. The Balaban J connectivity index is 1.44. The number of nitrogens with one attached hydrogen (secondary N) is 4. The van der Waals surface area contributed by atoms with Crippen LogP contribution in [0.2, 0.25) is 0 Å². The highest BCUT2D eigenvalue weighted by Gasteiger charge is 2.29. The number of allylic oxidation sites excluding steroid dienone is 2. The third-order valence-corrected chi connectivity index (χ3v) is 4.33. The van der Waals surface area contributed by atoms with Crippen LogP contribution >= 0.6 is 0 Å². The second-order valence-electron chi connectivity index (χ2n) is 6.44. The Kier molecular flexibility index (Phi) is 4.43. The zero-order valence-electron chi connectivity index (χ0n) is 14.7. The zero-order valence-corrected chi connectivity index (χ0v) is 14.7. The van der Waals surface area contributed by atoms with Gasteiger partial charge in [-0.2, -0.15) is 0 Å². The molecule has 4 N–H and O–H groups in total. The predicted octanol–water partition coefficient (Wildman–Crippen LogP) is -0.158. The molecule has 1 saturated heterocycles. The van der Waals surface area contributed by atoms with Crippen LogP contribution in [0.3, 0.4) is 0 Å². The van der Waals surface area contributed by atoms with Crippen molar-refractivity contribution in [3.63, 3.8) is 0 Å². The van der Waals surface area contributed by atoms with Gasteiger partial charge >= 0.3 is 0 Å². The van der Waals surface area contributed by atoms with Gasteiger partial charge in [0.1, 0.15) is 11.5 Å². The molecular weight excluding hydrogens is 346 g/mol. The topological polar surface area (TPSA) is 115 Å². The minimum absolute atomic E-state index is 0.00964. The molecule has 27 heavy (non-hydrogen) atoms. The first-order valence-electron chi connectivity index (χ1n) is 8.55. The molecule has 0 spiro atoms. The van der Waals surface area contributed by atoms with Crippen molar-refractivity contribution in [2.75, 3.05) is 13.6 Å². The summed E-state index contributed by atoms with van der Waals surface area (Å²) in [5.74, 6) is -0.321. The standard InChI is InChI=1S/C18H19N7O2/c1-25-10-14-12(24-25)7-8-13(17(26)20-14)19-18(27)16-21-15(22-23-16)9-11-5-3-2-4-6-11/h2-8,14,24H,9-10H2,1H3,(H,19,27)(H,20,26)(H,21,22,23). The van der Waals surface area contributed by atoms with Gasteiger partial charge in [-0.25, -0.2) is 9.99 Å². The van der Waals surface area contributed by atoms with Crippen LogP contribution in [0.4, 0.5) is 0 Å². The summed E-state index contributed by atoms with van der Waals surface area (Å²) in [7, 11) is 1.89. The summed E-state index contributed by atoms with van der Waals surface area (Å²) in [6, 6.07) is 9.62. The Labute approximate surface area is 155 Å². The third-order valence-electron chi connectivity index (χ3n) is 4.33. The number of carbonyl (C=O) groups excluding carboxylic acids is 2. The smallest absolute Gasteiger partial charge is 0.295 e. The van der Waals surface area contributed by atoms with Gasteiger partial charge < -0.3 is 16.1 Å². The van der Waals surface area contributed by atoms with E-state index < -0.39 is 5.91 Å². The van der Waals surface area contributed by atoms with Gasteiger partial charge in [0.05, 0.1) is 11.7 Å². The number of hydrazine groups is 1. The van der Waals surface area contributed by atoms with Crippen molar-refractivity contribution in [3.05, 3.63) is 71.1 Å². The number of aromatic amines is 1. The van der Waals surface area contributed by atoms with Crippen molar-refractivity contribution in [1.29, 1.82) is 0 Å². The molecule has 3 heterocycles. The van der Waals surface area contributed by atoms with Crippen molar-refractivity contribution in [1.82, 2.24) is 36.2 Å². The van der Waals surface area contributed by atoms with Crippen LogP contribution in [0.25, 0.3) is 0 Å². The van der Waals surface area contributed by atoms with Crippen LogP contribution in [0.1, 0.15) is 22.0 Å². The molecule has 2 aromatic rings. The molecule has 1 unspecified atom stereocenters. The normalized spacial score (nSPS) is 19.3. The molecule has 1 aromatic carbocycles. The van der Waals surface area contributed by atoms with Gasteiger partial charge in [0.15, 0.2) is 0 Å². The number of rotatable bonds is 4. The quantitative estimate of drug-likeness (QED) is 0.599. The van der Waals surface area contributed by atoms with Gasteiger partial charge in [-0.05, 0) is 17.7 Å². The third kappa shape index (κ3) is 3.72. The maximum Gasteiger partial charge on any atom is 0.295 e. The van der Waals surface area contributed by atoms with Crippen molar-refractivity contribution in [2.45, 2.75) is 12.5 Å². The molecule has 1 atom stereocenters. The predicted molar refractivity (Wildman–Crippen MR) is 97.0 cm³/mol. The zero-order chi connectivity index (χ0) is 18.8. The lowest BCUT2D eigenvalue weighted by molar-refractivity contribution is -0.118. The number of likely N-dealkylation sites (N-methyl/N-ethyl adjacent to an activating group) is 1. The maximum atomic E-state index is 12.4. The van der Waals surface area contributed by atoms with Crippen LogP contribution in [-0.4, -0.2) is 51.6 Å². The van der Waals surface area contributed by atoms with Crippen LogP contribution in [0.15, 0.2) is 53.9 Å². The number of amides is 2. The first-order chi connectivity index (χ1) is 13.1. The molecule has 0 saturated carbocycles. The fourth-order valence-electron chi connectivity index (χ4n) is 3.02. The number of hydrogen-bond acceptors (Lipinski definition) is 6. The number of H-pyrrole nitrogens is 1. The van der Waals surface area contributed by atoms with E-state index >= 15 is 0 Å². The molecule has 2 aliphatic heterocycles. The van der Waals surface area contributed by atoms with Gasteiger partial charge in [-0.15, -0.1) is 5.10 Å². The number of carbonyl (C=O) groups is 2. The first kappa shape index (κ1) is 17.0. The molecule has 0 radical (unpaired) electrons. The number of aromatic nitrogens is 3. The SMILES string of the molecule is CN1CC2NC(=O)C(NC(=O)c3n[nH]c(Cc4ccccc4)n3)=CC=C2N1. The second kappa shape index (κ2) is 7.04. The van der Waals surface area contributed by atoms with Gasteiger partial charge in [0, 0.05) is 20.0 Å². The number of nitrogens with zero attached hydrogens (tertiary/aromatic N) is 3. The molecule has 2 aliphatic rings. The molecular formula is C18H19N7O2. The van der Waals surface area contributed by atoms with Crippen molar-refractivity contribution < 1.29 is 9.59 Å². The Bertz CT molecular complexity index is 932. The van der Waals surface area contributed by atoms with Crippen molar-refractivity contribution in [3.8, 4) is 0 Å². The average Bonchev–Trinajstić information content (AvgIpc) is 3.22.